The second-order valence-electron chi connectivity index (χ2n) is 4.53. The molecule has 20 heavy (non-hydrogen) atoms. The molecular formula is C16H9ClN2O. The Morgan fingerprint density at radius 1 is 0.850 bits per heavy atom. The summed E-state index contributed by atoms with van der Waals surface area (Å²) in [5, 5.41) is 11.5. The third kappa shape index (κ3) is 1.67. The van der Waals surface area contributed by atoms with Gasteiger partial charge >= 0.3 is 0 Å². The van der Waals surface area contributed by atoms with E-state index < -0.39 is 0 Å². The molecule has 0 amide bonds. The molecule has 2 aromatic carbocycles. The molecule has 0 fully saturated rings. The monoisotopic (exact) mass is 280 g/mol. The first-order valence-electron chi connectivity index (χ1n) is 6.23. The smallest absolute Gasteiger partial charge is 0.159 e. The highest BCUT2D eigenvalue weighted by atomic mass is 35.5. The largest absolute Gasteiger partial charge is 0.454 e. The molecule has 0 N–H and O–H groups in total. The minimum atomic E-state index is 0.403. The van der Waals surface area contributed by atoms with E-state index in [-0.39, 0.29) is 0 Å². The molecule has 2 heterocycles. The first kappa shape index (κ1) is 11.4. The van der Waals surface area contributed by atoms with Crippen molar-refractivity contribution in [3.8, 4) is 11.5 Å². The topological polar surface area (TPSA) is 38.9 Å². The molecule has 0 aliphatic carbocycles. The van der Waals surface area contributed by atoms with Gasteiger partial charge in [-0.25, -0.2) is 0 Å². The summed E-state index contributed by atoms with van der Waals surface area (Å²) >= 11 is 6.09. The van der Waals surface area contributed by atoms with E-state index in [9.17, 15) is 0 Å². The summed E-state index contributed by atoms with van der Waals surface area (Å²) < 4.78 is 5.86. The Kier molecular flexibility index (Phi) is 2.47. The van der Waals surface area contributed by atoms with Crippen molar-refractivity contribution in [3.05, 3.63) is 59.8 Å². The minimum Gasteiger partial charge on any atom is -0.454 e. The SMILES string of the molecule is Clc1nnc(-c2cc3ccccc3o2)c2ccccc12. The molecule has 0 aliphatic rings. The number of benzene rings is 2. The molecule has 0 atom stereocenters. The van der Waals surface area contributed by atoms with Crippen molar-refractivity contribution >= 4 is 33.3 Å². The molecular weight excluding hydrogens is 272 g/mol. The van der Waals surface area contributed by atoms with E-state index in [1.807, 2.05) is 54.6 Å². The van der Waals surface area contributed by atoms with Crippen LogP contribution in [0.15, 0.2) is 59.0 Å². The first-order valence-corrected chi connectivity index (χ1v) is 6.60. The maximum absolute atomic E-state index is 6.09. The van der Waals surface area contributed by atoms with E-state index in [4.69, 9.17) is 16.0 Å². The lowest BCUT2D eigenvalue weighted by molar-refractivity contribution is 0.628. The van der Waals surface area contributed by atoms with Crippen molar-refractivity contribution in [1.29, 1.82) is 0 Å². The summed E-state index contributed by atoms with van der Waals surface area (Å²) in [6, 6.07) is 17.6. The molecule has 96 valence electrons. The van der Waals surface area contributed by atoms with Crippen molar-refractivity contribution in [2.24, 2.45) is 0 Å². The van der Waals surface area contributed by atoms with E-state index in [1.165, 1.54) is 0 Å². The quantitative estimate of drug-likeness (QED) is 0.507. The van der Waals surface area contributed by atoms with Crippen molar-refractivity contribution in [2.75, 3.05) is 0 Å². The lowest BCUT2D eigenvalue weighted by Crippen LogP contribution is -1.90. The van der Waals surface area contributed by atoms with E-state index in [0.717, 1.165) is 21.7 Å². The van der Waals surface area contributed by atoms with E-state index in [0.29, 0.717) is 16.6 Å². The van der Waals surface area contributed by atoms with Crippen molar-refractivity contribution in [1.82, 2.24) is 10.2 Å². The summed E-state index contributed by atoms with van der Waals surface area (Å²) in [6.07, 6.45) is 0. The van der Waals surface area contributed by atoms with E-state index >= 15 is 0 Å². The summed E-state index contributed by atoms with van der Waals surface area (Å²) in [6.45, 7) is 0. The van der Waals surface area contributed by atoms with Gasteiger partial charge in [-0.15, -0.1) is 10.2 Å². The summed E-state index contributed by atoms with van der Waals surface area (Å²) in [4.78, 5) is 0. The van der Waals surface area contributed by atoms with Crippen molar-refractivity contribution < 1.29 is 4.42 Å². The van der Waals surface area contributed by atoms with Gasteiger partial charge in [0.1, 0.15) is 11.3 Å². The van der Waals surface area contributed by atoms with Crippen LogP contribution in [0.1, 0.15) is 0 Å². The third-order valence-electron chi connectivity index (χ3n) is 3.30. The van der Waals surface area contributed by atoms with Crippen LogP contribution in [0.25, 0.3) is 33.2 Å². The van der Waals surface area contributed by atoms with Crippen LogP contribution in [0.4, 0.5) is 0 Å². The summed E-state index contributed by atoms with van der Waals surface area (Å²) in [5.41, 5.74) is 1.55. The zero-order valence-corrected chi connectivity index (χ0v) is 11.1. The van der Waals surface area contributed by atoms with Crippen LogP contribution in [0.5, 0.6) is 0 Å². The zero-order valence-electron chi connectivity index (χ0n) is 10.4. The molecule has 0 bridgehead atoms. The van der Waals surface area contributed by atoms with E-state index in [1.54, 1.807) is 0 Å². The molecule has 0 unspecified atom stereocenters. The van der Waals surface area contributed by atoms with Gasteiger partial charge in [0.2, 0.25) is 0 Å². The molecule has 0 saturated heterocycles. The maximum atomic E-state index is 6.09. The van der Waals surface area contributed by atoms with Gasteiger partial charge in [-0.2, -0.15) is 0 Å². The zero-order chi connectivity index (χ0) is 13.5. The molecule has 4 aromatic rings. The average molecular weight is 281 g/mol. The third-order valence-corrected chi connectivity index (χ3v) is 3.58. The lowest BCUT2D eigenvalue weighted by Gasteiger charge is -2.03. The average Bonchev–Trinajstić information content (AvgIpc) is 2.91. The number of hydrogen-bond donors (Lipinski definition) is 0. The molecule has 0 saturated carbocycles. The van der Waals surface area contributed by atoms with E-state index in [2.05, 4.69) is 10.2 Å². The number of nitrogens with zero attached hydrogens (tertiary/aromatic N) is 2. The highest BCUT2D eigenvalue weighted by Gasteiger charge is 2.13. The molecule has 0 aliphatic heterocycles. The number of halogens is 1. The Morgan fingerprint density at radius 2 is 1.60 bits per heavy atom. The van der Waals surface area contributed by atoms with Gasteiger partial charge in [0, 0.05) is 16.2 Å². The fraction of sp³-hybridized carbons (Fsp3) is 0. The van der Waals surface area contributed by atoms with Crippen LogP contribution in [0.2, 0.25) is 5.15 Å². The molecule has 4 heteroatoms. The predicted octanol–water partition coefficient (Wildman–Crippen LogP) is 4.70. The van der Waals surface area contributed by atoms with Gasteiger partial charge in [-0.05, 0) is 12.1 Å². The van der Waals surface area contributed by atoms with Gasteiger partial charge in [0.05, 0.1) is 0 Å². The first-order chi connectivity index (χ1) is 9.83. The minimum absolute atomic E-state index is 0.403. The molecule has 0 radical (unpaired) electrons. The number of para-hydroxylation sites is 1. The van der Waals surface area contributed by atoms with Crippen LogP contribution in [0.3, 0.4) is 0 Å². The Labute approximate surface area is 119 Å². The number of rotatable bonds is 1. The molecule has 4 rings (SSSR count). The Balaban J connectivity index is 2.04. The van der Waals surface area contributed by atoms with Crippen molar-refractivity contribution in [2.45, 2.75) is 0 Å². The fourth-order valence-electron chi connectivity index (χ4n) is 2.35. The lowest BCUT2D eigenvalue weighted by atomic mass is 10.1. The molecule has 3 nitrogen and oxygen atoms in total. The van der Waals surface area contributed by atoms with Gasteiger partial charge in [-0.3, -0.25) is 0 Å². The number of hydrogen-bond acceptors (Lipinski definition) is 3. The van der Waals surface area contributed by atoms with Crippen LogP contribution >= 0.6 is 11.6 Å². The van der Waals surface area contributed by atoms with Crippen LogP contribution in [0, 0.1) is 0 Å². The predicted molar refractivity (Wildman–Crippen MR) is 79.8 cm³/mol. The molecule has 0 spiro atoms. The highest BCUT2D eigenvalue weighted by Crippen LogP contribution is 2.32. The van der Waals surface area contributed by atoms with Gasteiger partial charge in [0.25, 0.3) is 0 Å². The van der Waals surface area contributed by atoms with Gasteiger partial charge < -0.3 is 4.42 Å². The fourth-order valence-corrected chi connectivity index (χ4v) is 2.55. The Morgan fingerprint density at radius 3 is 2.45 bits per heavy atom. The van der Waals surface area contributed by atoms with Gasteiger partial charge in [-0.1, -0.05) is 54.1 Å². The second kappa shape index (κ2) is 4.32. The summed E-state index contributed by atoms with van der Waals surface area (Å²) in [5.74, 6) is 0.701. The number of fused-ring (bicyclic) bond motifs is 2. The van der Waals surface area contributed by atoms with Crippen molar-refractivity contribution in [3.63, 3.8) is 0 Å². The van der Waals surface area contributed by atoms with Gasteiger partial charge in [0.15, 0.2) is 10.9 Å². The Bertz CT molecular complexity index is 897. The molecule has 2 aromatic heterocycles. The second-order valence-corrected chi connectivity index (χ2v) is 4.89. The standard InChI is InChI=1S/C16H9ClN2O/c17-16-12-7-3-2-6-11(12)15(18-19-16)14-9-10-5-1-4-8-13(10)20-14/h1-9H. The summed E-state index contributed by atoms with van der Waals surface area (Å²) in [7, 11) is 0. The van der Waals surface area contributed by atoms with Crippen LogP contribution in [-0.4, -0.2) is 10.2 Å². The Hall–Kier alpha value is -2.39. The number of furan rings is 1. The highest BCUT2D eigenvalue weighted by molar-refractivity contribution is 6.34. The maximum Gasteiger partial charge on any atom is 0.159 e. The van der Waals surface area contributed by atoms with Crippen LogP contribution in [-0.2, 0) is 0 Å². The normalized spacial score (nSPS) is 11.2. The van der Waals surface area contributed by atoms with Crippen LogP contribution < -0.4 is 0 Å². The number of aromatic nitrogens is 2.